The highest BCUT2D eigenvalue weighted by atomic mass is 19.1. The van der Waals surface area contributed by atoms with Gasteiger partial charge in [-0.15, -0.1) is 0 Å². The van der Waals surface area contributed by atoms with Gasteiger partial charge in [-0.25, -0.2) is 14.0 Å². The topological polar surface area (TPSA) is 117 Å². The number of benzene rings is 2. The number of rotatable bonds is 9. The number of carbonyl (C=O) groups excluding carboxylic acids is 3. The summed E-state index contributed by atoms with van der Waals surface area (Å²) >= 11 is 0. The molecule has 0 bridgehead atoms. The lowest BCUT2D eigenvalue weighted by atomic mass is 10.1. The normalized spacial score (nSPS) is 14.1. The Balaban J connectivity index is 1.53. The molecule has 0 radical (unpaired) electrons. The fourth-order valence-electron chi connectivity index (χ4n) is 3.57. The maximum atomic E-state index is 13.2. The number of nitrogens with one attached hydrogen (secondary N) is 1. The molecular weight excluding hydrogens is 487 g/mol. The highest BCUT2D eigenvalue weighted by Crippen LogP contribution is 2.39. The number of esters is 1. The van der Waals surface area contributed by atoms with Gasteiger partial charge in [0.1, 0.15) is 23.9 Å². The summed E-state index contributed by atoms with van der Waals surface area (Å²) in [5.41, 5.74) is 1.26. The van der Waals surface area contributed by atoms with Crippen LogP contribution in [0.4, 0.5) is 9.18 Å². The first-order valence-electron chi connectivity index (χ1n) is 11.0. The van der Waals surface area contributed by atoms with E-state index in [0.29, 0.717) is 22.8 Å². The molecular formula is C26H23FN2O8. The van der Waals surface area contributed by atoms with Gasteiger partial charge in [-0.1, -0.05) is 12.1 Å². The zero-order valence-corrected chi connectivity index (χ0v) is 20.2. The summed E-state index contributed by atoms with van der Waals surface area (Å²) in [5, 5.41) is 2.53. The van der Waals surface area contributed by atoms with Crippen molar-refractivity contribution in [1.82, 2.24) is 10.2 Å². The highest BCUT2D eigenvalue weighted by Gasteiger charge is 2.34. The predicted molar refractivity (Wildman–Crippen MR) is 127 cm³/mol. The molecule has 10 nitrogen and oxygen atoms in total. The minimum absolute atomic E-state index is 0.0221. The standard InChI is InChI=1S/C26H23FN2O8/c1-33-21-11-16(12-22(34-2)23(21)36-14-15-4-6-17(27)7-5-15)10-19-24(30)29(26(32)28-19)13-18-8-9-20(37-18)25(31)35-3/h4-12H,13-14H2,1-3H3,(H,28,32)/b19-10-. The van der Waals surface area contributed by atoms with E-state index >= 15 is 0 Å². The fraction of sp³-hybridized carbons (Fsp3) is 0.192. The van der Waals surface area contributed by atoms with Crippen molar-refractivity contribution in [2.24, 2.45) is 0 Å². The van der Waals surface area contributed by atoms with Crippen molar-refractivity contribution in [2.75, 3.05) is 21.3 Å². The van der Waals surface area contributed by atoms with Crippen LogP contribution in [0.5, 0.6) is 17.2 Å². The number of hydrogen-bond acceptors (Lipinski definition) is 8. The van der Waals surface area contributed by atoms with E-state index in [1.807, 2.05) is 0 Å². The summed E-state index contributed by atoms with van der Waals surface area (Å²) in [4.78, 5) is 37.9. The Bertz CT molecular complexity index is 1340. The van der Waals surface area contributed by atoms with Crippen molar-refractivity contribution in [3.8, 4) is 17.2 Å². The van der Waals surface area contributed by atoms with Gasteiger partial charge < -0.3 is 28.7 Å². The second kappa shape index (κ2) is 10.9. The molecule has 11 heteroatoms. The third-order valence-corrected chi connectivity index (χ3v) is 5.41. The van der Waals surface area contributed by atoms with Crippen molar-refractivity contribution in [3.05, 3.63) is 82.7 Å². The lowest BCUT2D eigenvalue weighted by Crippen LogP contribution is -2.30. The van der Waals surface area contributed by atoms with E-state index in [-0.39, 0.29) is 36.2 Å². The van der Waals surface area contributed by atoms with Gasteiger partial charge in [-0.2, -0.15) is 0 Å². The lowest BCUT2D eigenvalue weighted by Gasteiger charge is -2.15. The summed E-state index contributed by atoms with van der Waals surface area (Å²) in [7, 11) is 4.12. The molecule has 0 unspecified atom stereocenters. The molecule has 2 aromatic carbocycles. The summed E-state index contributed by atoms with van der Waals surface area (Å²) in [6.45, 7) is -0.0385. The monoisotopic (exact) mass is 510 g/mol. The van der Waals surface area contributed by atoms with E-state index in [9.17, 15) is 18.8 Å². The SMILES string of the molecule is COC(=O)c1ccc(CN2C(=O)N/C(=C\c3cc(OC)c(OCc4ccc(F)cc4)c(OC)c3)C2=O)o1. The van der Waals surface area contributed by atoms with E-state index in [1.54, 1.807) is 24.3 Å². The van der Waals surface area contributed by atoms with Crippen LogP contribution in [0.1, 0.15) is 27.4 Å². The smallest absolute Gasteiger partial charge is 0.373 e. The molecule has 0 spiro atoms. The molecule has 1 saturated heterocycles. The summed E-state index contributed by atoms with van der Waals surface area (Å²) < 4.78 is 39.9. The Morgan fingerprint density at radius 3 is 2.32 bits per heavy atom. The van der Waals surface area contributed by atoms with Gasteiger partial charge >= 0.3 is 12.0 Å². The first-order chi connectivity index (χ1) is 17.8. The molecule has 2 heterocycles. The molecule has 1 aliphatic rings. The minimum Gasteiger partial charge on any atom is -0.493 e. The van der Waals surface area contributed by atoms with E-state index in [0.717, 1.165) is 10.5 Å². The predicted octanol–water partition coefficient (Wildman–Crippen LogP) is 3.89. The van der Waals surface area contributed by atoms with Gasteiger partial charge in [0, 0.05) is 0 Å². The average molecular weight is 510 g/mol. The largest absolute Gasteiger partial charge is 0.493 e. The summed E-state index contributed by atoms with van der Waals surface area (Å²) in [5.74, 6) is -0.441. The second-order valence-electron chi connectivity index (χ2n) is 7.81. The van der Waals surface area contributed by atoms with Crippen LogP contribution in [-0.2, 0) is 22.7 Å². The number of nitrogens with zero attached hydrogens (tertiary/aromatic N) is 1. The van der Waals surface area contributed by atoms with Crippen LogP contribution in [0, 0.1) is 5.82 Å². The first kappa shape index (κ1) is 25.3. The molecule has 0 atom stereocenters. The van der Waals surface area contributed by atoms with Gasteiger partial charge in [-0.3, -0.25) is 9.69 Å². The molecule has 4 rings (SSSR count). The number of hydrogen-bond donors (Lipinski definition) is 1. The first-order valence-corrected chi connectivity index (χ1v) is 11.0. The summed E-state index contributed by atoms with van der Waals surface area (Å²) in [6, 6.07) is 11.3. The number of carbonyl (C=O) groups is 3. The Labute approximate surface area is 211 Å². The maximum absolute atomic E-state index is 13.2. The molecule has 1 aliphatic heterocycles. The van der Waals surface area contributed by atoms with Crippen molar-refractivity contribution in [3.63, 3.8) is 0 Å². The number of amides is 3. The van der Waals surface area contributed by atoms with Gasteiger partial charge in [0.2, 0.25) is 11.5 Å². The zero-order chi connectivity index (χ0) is 26.5. The molecule has 0 aliphatic carbocycles. The third kappa shape index (κ3) is 5.56. The maximum Gasteiger partial charge on any atom is 0.373 e. The fourth-order valence-corrected chi connectivity index (χ4v) is 3.57. The third-order valence-electron chi connectivity index (χ3n) is 5.41. The molecule has 0 saturated carbocycles. The van der Waals surface area contributed by atoms with Crippen LogP contribution in [0.15, 0.2) is 58.6 Å². The number of methoxy groups -OCH3 is 3. The van der Waals surface area contributed by atoms with Crippen molar-refractivity contribution < 1.29 is 42.1 Å². The number of imide groups is 1. The highest BCUT2D eigenvalue weighted by molar-refractivity contribution is 6.13. The van der Waals surface area contributed by atoms with E-state index in [1.165, 1.54) is 51.7 Å². The molecule has 3 amide bonds. The number of furan rings is 1. The van der Waals surface area contributed by atoms with Crippen LogP contribution in [0.2, 0.25) is 0 Å². The summed E-state index contributed by atoms with van der Waals surface area (Å²) in [6.07, 6.45) is 1.47. The number of urea groups is 1. The number of ether oxygens (including phenoxy) is 4. The van der Waals surface area contributed by atoms with Gasteiger partial charge in [0.15, 0.2) is 11.5 Å². The molecule has 3 aromatic rings. The lowest BCUT2D eigenvalue weighted by molar-refractivity contribution is -0.123. The Morgan fingerprint density at radius 2 is 1.70 bits per heavy atom. The van der Waals surface area contributed by atoms with E-state index in [2.05, 4.69) is 10.1 Å². The molecule has 1 aromatic heterocycles. The molecule has 192 valence electrons. The Morgan fingerprint density at radius 1 is 1.03 bits per heavy atom. The number of halogens is 1. The second-order valence-corrected chi connectivity index (χ2v) is 7.81. The van der Waals surface area contributed by atoms with Crippen LogP contribution in [0.25, 0.3) is 6.08 Å². The molecule has 1 fully saturated rings. The van der Waals surface area contributed by atoms with E-state index < -0.39 is 17.9 Å². The Hall–Kier alpha value is -4.80. The van der Waals surface area contributed by atoms with Gasteiger partial charge in [0.05, 0.1) is 27.9 Å². The van der Waals surface area contributed by atoms with Crippen LogP contribution >= 0.6 is 0 Å². The van der Waals surface area contributed by atoms with Crippen LogP contribution < -0.4 is 19.5 Å². The van der Waals surface area contributed by atoms with Crippen molar-refractivity contribution in [1.29, 1.82) is 0 Å². The quantitative estimate of drug-likeness (QED) is 0.262. The molecule has 1 N–H and O–H groups in total. The zero-order valence-electron chi connectivity index (χ0n) is 20.2. The van der Waals surface area contributed by atoms with Crippen LogP contribution in [-0.4, -0.2) is 44.1 Å². The Kier molecular flexibility index (Phi) is 7.42. The van der Waals surface area contributed by atoms with Crippen molar-refractivity contribution in [2.45, 2.75) is 13.2 Å². The minimum atomic E-state index is -0.669. The van der Waals surface area contributed by atoms with Crippen LogP contribution in [0.3, 0.4) is 0 Å². The van der Waals surface area contributed by atoms with Gasteiger partial charge in [-0.05, 0) is 53.6 Å². The molecule has 37 heavy (non-hydrogen) atoms. The van der Waals surface area contributed by atoms with Crippen molar-refractivity contribution >= 4 is 24.0 Å². The average Bonchev–Trinajstić information content (AvgIpc) is 3.48. The van der Waals surface area contributed by atoms with Gasteiger partial charge in [0.25, 0.3) is 5.91 Å². The van der Waals surface area contributed by atoms with E-state index in [4.69, 9.17) is 18.6 Å².